The summed E-state index contributed by atoms with van der Waals surface area (Å²) in [6.45, 7) is 0.482. The highest BCUT2D eigenvalue weighted by Crippen LogP contribution is 2.30. The van der Waals surface area contributed by atoms with Crippen molar-refractivity contribution in [1.29, 1.82) is 0 Å². The molecule has 1 atom stereocenters. The third-order valence-corrected chi connectivity index (χ3v) is 5.02. The van der Waals surface area contributed by atoms with Crippen LogP contribution in [0.2, 0.25) is 5.02 Å². The van der Waals surface area contributed by atoms with Gasteiger partial charge in [-0.05, 0) is 29.1 Å². The maximum atomic E-state index is 12.8. The van der Waals surface area contributed by atoms with Crippen molar-refractivity contribution >= 4 is 33.4 Å². The van der Waals surface area contributed by atoms with Crippen LogP contribution >= 0.6 is 11.6 Å². The highest BCUT2D eigenvalue weighted by Gasteiger charge is 2.14. The Balaban J connectivity index is 1.89. The number of ether oxygens (including phenoxy) is 1. The Kier molecular flexibility index (Phi) is 4.96. The lowest BCUT2D eigenvalue weighted by molar-refractivity contribution is 0.405. The average Bonchev–Trinajstić information content (AvgIpc) is 2.60. The van der Waals surface area contributed by atoms with Crippen LogP contribution in [-0.2, 0) is 17.5 Å². The predicted molar refractivity (Wildman–Crippen MR) is 95.2 cm³/mol. The summed E-state index contributed by atoms with van der Waals surface area (Å²) in [4.78, 5) is 0.666. The smallest absolute Gasteiger partial charge is 0.137 e. The van der Waals surface area contributed by atoms with Gasteiger partial charge in [0.05, 0.1) is 7.11 Å². The highest BCUT2D eigenvalue weighted by atomic mass is 35.5. The molecule has 0 aliphatic carbocycles. The molecule has 0 aliphatic heterocycles. The molecule has 0 radical (unpaired) electrons. The first-order valence-corrected chi connectivity index (χ1v) is 8.67. The minimum Gasteiger partial charge on any atom is -0.495 e. The molecule has 3 aromatic rings. The Morgan fingerprint density at radius 3 is 2.52 bits per heavy atom. The number of methoxy groups -OCH3 is 1. The molecule has 0 saturated carbocycles. The van der Waals surface area contributed by atoms with Crippen molar-refractivity contribution < 1.29 is 8.95 Å². The first-order valence-electron chi connectivity index (χ1n) is 7.14. The molecule has 3 nitrogen and oxygen atoms in total. The van der Waals surface area contributed by atoms with E-state index in [2.05, 4.69) is 4.72 Å². The lowest BCUT2D eigenvalue weighted by atomic mass is 10.1. The van der Waals surface area contributed by atoms with Gasteiger partial charge in [0.1, 0.15) is 21.6 Å². The molecule has 0 aliphatic rings. The van der Waals surface area contributed by atoms with Crippen molar-refractivity contribution in [2.24, 2.45) is 0 Å². The van der Waals surface area contributed by atoms with Crippen molar-refractivity contribution in [3.05, 3.63) is 71.2 Å². The fourth-order valence-electron chi connectivity index (χ4n) is 2.40. The van der Waals surface area contributed by atoms with Crippen LogP contribution in [-0.4, -0.2) is 11.3 Å². The first-order chi connectivity index (χ1) is 11.2. The molecule has 118 valence electrons. The topological polar surface area (TPSA) is 38.3 Å². The van der Waals surface area contributed by atoms with Gasteiger partial charge < -0.3 is 4.74 Å². The van der Waals surface area contributed by atoms with E-state index in [1.165, 1.54) is 0 Å². The van der Waals surface area contributed by atoms with Crippen LogP contribution in [0.15, 0.2) is 65.6 Å². The molecule has 0 unspecified atom stereocenters. The van der Waals surface area contributed by atoms with Crippen LogP contribution < -0.4 is 9.46 Å². The predicted octanol–water partition coefficient (Wildman–Crippen LogP) is 4.31. The maximum Gasteiger partial charge on any atom is 0.137 e. The molecule has 0 amide bonds. The van der Waals surface area contributed by atoms with Crippen LogP contribution in [0.3, 0.4) is 0 Å². The molecule has 5 heteroatoms. The fourth-order valence-corrected chi connectivity index (χ4v) is 3.69. The lowest BCUT2D eigenvalue weighted by Gasteiger charge is -2.12. The van der Waals surface area contributed by atoms with Gasteiger partial charge in [0.15, 0.2) is 0 Å². The molecule has 0 spiro atoms. The van der Waals surface area contributed by atoms with Crippen LogP contribution in [0.1, 0.15) is 5.56 Å². The van der Waals surface area contributed by atoms with Gasteiger partial charge in [0.2, 0.25) is 0 Å². The zero-order valence-corrected chi connectivity index (χ0v) is 14.2. The molecule has 1 N–H and O–H groups in total. The zero-order valence-electron chi connectivity index (χ0n) is 12.6. The Morgan fingerprint density at radius 2 is 1.78 bits per heavy atom. The summed E-state index contributed by atoms with van der Waals surface area (Å²) >= 11 is 5.88. The van der Waals surface area contributed by atoms with Crippen LogP contribution in [0.25, 0.3) is 10.8 Å². The molecule has 3 rings (SSSR count). The molecule has 0 bridgehead atoms. The van der Waals surface area contributed by atoms with Gasteiger partial charge in [-0.25, -0.2) is 8.93 Å². The summed E-state index contributed by atoms with van der Waals surface area (Å²) in [6, 6.07) is 19.1. The molecular weight excluding hydrogens is 330 g/mol. The first kappa shape index (κ1) is 16.0. The number of hydrogen-bond acceptors (Lipinski definition) is 2. The average molecular weight is 346 g/mol. The SMILES string of the molecule is COc1ccc2ccccc2c1[S@@](=O)NCc1ccc(Cl)cc1. The van der Waals surface area contributed by atoms with Gasteiger partial charge in [-0.2, -0.15) is 0 Å². The van der Waals surface area contributed by atoms with Crippen LogP contribution in [0.5, 0.6) is 5.75 Å². The van der Waals surface area contributed by atoms with E-state index in [1.54, 1.807) is 7.11 Å². The summed E-state index contributed by atoms with van der Waals surface area (Å²) in [7, 11) is 0.204. The fraction of sp³-hybridized carbons (Fsp3) is 0.111. The normalized spacial score (nSPS) is 12.3. The molecule has 23 heavy (non-hydrogen) atoms. The van der Waals surface area contributed by atoms with Crippen molar-refractivity contribution in [1.82, 2.24) is 4.72 Å². The van der Waals surface area contributed by atoms with Crippen LogP contribution in [0.4, 0.5) is 0 Å². The van der Waals surface area contributed by atoms with E-state index in [9.17, 15) is 4.21 Å². The van der Waals surface area contributed by atoms with E-state index < -0.39 is 11.0 Å². The van der Waals surface area contributed by atoms with Gasteiger partial charge in [-0.15, -0.1) is 0 Å². The minimum absolute atomic E-state index is 0.482. The van der Waals surface area contributed by atoms with Gasteiger partial charge in [-0.3, -0.25) is 0 Å². The number of nitrogens with one attached hydrogen (secondary N) is 1. The molecule has 3 aromatic carbocycles. The van der Waals surface area contributed by atoms with Crippen LogP contribution in [0, 0.1) is 0 Å². The van der Waals surface area contributed by atoms with E-state index in [4.69, 9.17) is 16.3 Å². The van der Waals surface area contributed by atoms with Crippen molar-refractivity contribution in [3.8, 4) is 5.75 Å². The van der Waals surface area contributed by atoms with E-state index in [1.807, 2.05) is 60.7 Å². The summed E-state index contributed by atoms with van der Waals surface area (Å²) < 4.78 is 21.2. The molecule has 0 saturated heterocycles. The highest BCUT2D eigenvalue weighted by molar-refractivity contribution is 7.83. The summed E-state index contributed by atoms with van der Waals surface area (Å²) in [5, 5.41) is 2.64. The second-order valence-electron chi connectivity index (χ2n) is 5.03. The number of rotatable bonds is 5. The van der Waals surface area contributed by atoms with E-state index in [0.29, 0.717) is 22.2 Å². The number of benzene rings is 3. The minimum atomic E-state index is -1.38. The zero-order chi connectivity index (χ0) is 16.2. The van der Waals surface area contributed by atoms with E-state index >= 15 is 0 Å². The van der Waals surface area contributed by atoms with E-state index in [0.717, 1.165) is 16.3 Å². The largest absolute Gasteiger partial charge is 0.495 e. The van der Waals surface area contributed by atoms with E-state index in [-0.39, 0.29) is 0 Å². The monoisotopic (exact) mass is 345 g/mol. The Labute approximate surface area is 142 Å². The lowest BCUT2D eigenvalue weighted by Crippen LogP contribution is -2.17. The third kappa shape index (κ3) is 3.55. The Hall–Kier alpha value is -1.88. The number of fused-ring (bicyclic) bond motifs is 1. The second kappa shape index (κ2) is 7.13. The van der Waals surface area contributed by atoms with Gasteiger partial charge in [0.25, 0.3) is 0 Å². The maximum absolute atomic E-state index is 12.8. The Morgan fingerprint density at radius 1 is 1.04 bits per heavy atom. The molecule has 0 aromatic heterocycles. The number of hydrogen-bond donors (Lipinski definition) is 1. The molecule has 0 fully saturated rings. The Bertz CT molecular complexity index is 849. The molecule has 0 heterocycles. The summed E-state index contributed by atoms with van der Waals surface area (Å²) in [5.41, 5.74) is 1.02. The van der Waals surface area contributed by atoms with Gasteiger partial charge in [0, 0.05) is 17.0 Å². The van der Waals surface area contributed by atoms with Gasteiger partial charge in [-0.1, -0.05) is 54.1 Å². The molecular formula is C18H16ClNO2S. The summed E-state index contributed by atoms with van der Waals surface area (Å²) in [5.74, 6) is 0.616. The van der Waals surface area contributed by atoms with Gasteiger partial charge >= 0.3 is 0 Å². The number of halogens is 1. The standard InChI is InChI=1S/C18H16ClNO2S/c1-22-17-11-8-14-4-2-3-5-16(14)18(17)23(21)20-12-13-6-9-15(19)10-7-13/h2-11,20H,12H2,1H3/t23-/m1/s1. The third-order valence-electron chi connectivity index (χ3n) is 3.57. The van der Waals surface area contributed by atoms with Crippen molar-refractivity contribution in [3.63, 3.8) is 0 Å². The van der Waals surface area contributed by atoms with Crippen molar-refractivity contribution in [2.75, 3.05) is 7.11 Å². The quantitative estimate of drug-likeness (QED) is 0.748. The summed E-state index contributed by atoms with van der Waals surface area (Å²) in [6.07, 6.45) is 0. The van der Waals surface area contributed by atoms with Crippen molar-refractivity contribution in [2.45, 2.75) is 11.4 Å². The second-order valence-corrected chi connectivity index (χ2v) is 6.71.